The molecule has 122 valence electrons. The van der Waals surface area contributed by atoms with Gasteiger partial charge in [0, 0.05) is 0 Å². The lowest BCUT2D eigenvalue weighted by molar-refractivity contribution is 0.317. The maximum Gasteiger partial charge on any atom is 0.296 e. The molecule has 0 saturated carbocycles. The van der Waals surface area contributed by atoms with E-state index in [1.165, 1.54) is 22.7 Å². The number of ether oxygens (including phenoxy) is 1. The van der Waals surface area contributed by atoms with Crippen LogP contribution in [0.4, 0.5) is 0 Å². The van der Waals surface area contributed by atoms with E-state index in [9.17, 15) is 9.90 Å². The molecule has 1 aromatic heterocycles. The predicted octanol–water partition coefficient (Wildman–Crippen LogP) is 2.42. The fourth-order valence-corrected chi connectivity index (χ4v) is 2.62. The minimum Gasteiger partial charge on any atom is -0.503 e. The molecule has 0 radical (unpaired) electrons. The van der Waals surface area contributed by atoms with Crippen molar-refractivity contribution in [1.82, 2.24) is 14.9 Å². The molecule has 0 spiro atoms. The van der Waals surface area contributed by atoms with Crippen molar-refractivity contribution in [2.24, 2.45) is 5.10 Å². The van der Waals surface area contributed by atoms with Crippen molar-refractivity contribution in [3.63, 3.8) is 0 Å². The topological polar surface area (TPSA) is 89.6 Å². The molecule has 0 bridgehead atoms. The van der Waals surface area contributed by atoms with E-state index in [1.807, 2.05) is 6.92 Å². The number of nitrogens with zero attached hydrogens (tertiary/aromatic N) is 4. The van der Waals surface area contributed by atoms with Crippen molar-refractivity contribution in [3.05, 3.63) is 38.2 Å². The molecule has 1 heterocycles. The number of thioether (sulfide) groups is 1. The average molecular weight is 399 g/mol. The van der Waals surface area contributed by atoms with Gasteiger partial charge >= 0.3 is 0 Å². The van der Waals surface area contributed by atoms with Crippen LogP contribution in [-0.2, 0) is 0 Å². The number of halogens is 1. The zero-order valence-corrected chi connectivity index (χ0v) is 15.2. The van der Waals surface area contributed by atoms with E-state index < -0.39 is 0 Å². The summed E-state index contributed by atoms with van der Waals surface area (Å²) in [7, 11) is 0. The summed E-state index contributed by atoms with van der Waals surface area (Å²) >= 11 is 4.53. The van der Waals surface area contributed by atoms with Gasteiger partial charge in [0.15, 0.2) is 11.5 Å². The number of benzene rings is 1. The Kier molecular flexibility index (Phi) is 5.78. The van der Waals surface area contributed by atoms with Crippen molar-refractivity contribution >= 4 is 33.9 Å². The zero-order valence-electron chi connectivity index (χ0n) is 12.8. The van der Waals surface area contributed by atoms with Gasteiger partial charge in [0.1, 0.15) is 5.69 Å². The second-order valence-corrected chi connectivity index (χ2v) is 6.04. The third kappa shape index (κ3) is 3.91. The molecule has 9 heteroatoms. The Hall–Kier alpha value is -1.87. The Bertz CT molecular complexity index is 807. The van der Waals surface area contributed by atoms with Gasteiger partial charge in [0.05, 0.1) is 17.3 Å². The van der Waals surface area contributed by atoms with Crippen LogP contribution in [-0.4, -0.2) is 39.1 Å². The minimum absolute atomic E-state index is 0.0207. The first-order valence-electron chi connectivity index (χ1n) is 6.67. The Morgan fingerprint density at radius 3 is 2.87 bits per heavy atom. The highest BCUT2D eigenvalue weighted by atomic mass is 79.9. The summed E-state index contributed by atoms with van der Waals surface area (Å²) in [6.07, 6.45) is 3.28. The van der Waals surface area contributed by atoms with Gasteiger partial charge < -0.3 is 9.84 Å². The monoisotopic (exact) mass is 398 g/mol. The summed E-state index contributed by atoms with van der Waals surface area (Å²) in [5.74, 6) is 0.359. The van der Waals surface area contributed by atoms with Crippen LogP contribution in [0.5, 0.6) is 11.5 Å². The minimum atomic E-state index is -0.330. The van der Waals surface area contributed by atoms with Crippen LogP contribution in [0.15, 0.2) is 31.7 Å². The van der Waals surface area contributed by atoms with Gasteiger partial charge in [0.2, 0.25) is 5.16 Å². The molecule has 1 aromatic carbocycles. The number of hydrogen-bond donors (Lipinski definition) is 1. The number of aromatic nitrogens is 3. The lowest BCUT2D eigenvalue weighted by Gasteiger charge is -2.08. The molecule has 0 aliphatic carbocycles. The molecule has 0 fully saturated rings. The SMILES string of the molecule is CCOc1cc(/C=N\n2c(SC)nnc(C)c2=O)cc(Br)c1O. The lowest BCUT2D eigenvalue weighted by Crippen LogP contribution is -2.23. The van der Waals surface area contributed by atoms with Gasteiger partial charge in [0.25, 0.3) is 5.56 Å². The van der Waals surface area contributed by atoms with E-state index in [1.54, 1.807) is 25.3 Å². The molecule has 1 N–H and O–H groups in total. The van der Waals surface area contributed by atoms with Crippen molar-refractivity contribution in [2.45, 2.75) is 19.0 Å². The molecular formula is C14H15BrN4O3S. The number of aryl methyl sites for hydroxylation is 1. The Labute approximate surface area is 145 Å². The third-order valence-electron chi connectivity index (χ3n) is 2.82. The second-order valence-electron chi connectivity index (χ2n) is 4.42. The zero-order chi connectivity index (χ0) is 17.0. The van der Waals surface area contributed by atoms with Crippen molar-refractivity contribution in [1.29, 1.82) is 0 Å². The van der Waals surface area contributed by atoms with Crippen molar-refractivity contribution in [3.8, 4) is 11.5 Å². The van der Waals surface area contributed by atoms with E-state index >= 15 is 0 Å². The molecule has 7 nitrogen and oxygen atoms in total. The van der Waals surface area contributed by atoms with E-state index in [2.05, 4.69) is 31.2 Å². The maximum atomic E-state index is 12.1. The molecule has 0 amide bonds. The fourth-order valence-electron chi connectivity index (χ4n) is 1.73. The van der Waals surface area contributed by atoms with Crippen molar-refractivity contribution < 1.29 is 9.84 Å². The molecule has 0 atom stereocenters. The first-order valence-corrected chi connectivity index (χ1v) is 8.69. The molecule has 2 aromatic rings. The number of aromatic hydroxyl groups is 1. The van der Waals surface area contributed by atoms with Crippen LogP contribution in [0.2, 0.25) is 0 Å². The smallest absolute Gasteiger partial charge is 0.296 e. The highest BCUT2D eigenvalue weighted by Gasteiger charge is 2.10. The summed E-state index contributed by atoms with van der Waals surface area (Å²) in [6.45, 7) is 3.82. The third-order valence-corrected chi connectivity index (χ3v) is 4.05. The van der Waals surface area contributed by atoms with E-state index in [-0.39, 0.29) is 17.0 Å². The quantitative estimate of drug-likeness (QED) is 0.614. The molecule has 0 saturated heterocycles. The van der Waals surface area contributed by atoms with Gasteiger partial charge in [-0.1, -0.05) is 11.8 Å². The fraction of sp³-hybridized carbons (Fsp3) is 0.286. The number of phenolic OH excluding ortho intramolecular Hbond substituents is 1. The van der Waals surface area contributed by atoms with Gasteiger partial charge in [-0.15, -0.1) is 10.2 Å². The Morgan fingerprint density at radius 2 is 2.22 bits per heavy atom. The average Bonchev–Trinajstić information content (AvgIpc) is 2.53. The van der Waals surface area contributed by atoms with Gasteiger partial charge in [-0.3, -0.25) is 4.79 Å². The van der Waals surface area contributed by atoms with Crippen LogP contribution >= 0.6 is 27.7 Å². The normalized spacial score (nSPS) is 11.1. The molecule has 23 heavy (non-hydrogen) atoms. The van der Waals surface area contributed by atoms with Crippen LogP contribution in [0, 0.1) is 6.92 Å². The standard InChI is InChI=1S/C14H15BrN4O3S/c1-4-22-11-6-9(5-10(15)12(11)20)7-16-19-13(21)8(2)17-18-14(19)23-3/h5-7,20H,4H2,1-3H3/b16-7-. The number of hydrogen-bond acceptors (Lipinski definition) is 7. The van der Waals surface area contributed by atoms with Crippen LogP contribution in [0.1, 0.15) is 18.2 Å². The highest BCUT2D eigenvalue weighted by molar-refractivity contribution is 9.10. The summed E-state index contributed by atoms with van der Waals surface area (Å²) in [6, 6.07) is 3.31. The summed E-state index contributed by atoms with van der Waals surface area (Å²) < 4.78 is 7.03. The highest BCUT2D eigenvalue weighted by Crippen LogP contribution is 2.35. The first kappa shape index (κ1) is 17.5. The molecule has 0 aliphatic heterocycles. The number of rotatable bonds is 5. The molecule has 0 unspecified atom stereocenters. The van der Waals surface area contributed by atoms with Gasteiger partial charge in [-0.05, 0) is 53.7 Å². The van der Waals surface area contributed by atoms with Crippen LogP contribution in [0.25, 0.3) is 0 Å². The predicted molar refractivity (Wildman–Crippen MR) is 92.8 cm³/mol. The summed E-state index contributed by atoms with van der Waals surface area (Å²) in [5, 5.41) is 22.2. The molecular weight excluding hydrogens is 384 g/mol. The van der Waals surface area contributed by atoms with E-state index in [0.29, 0.717) is 27.5 Å². The molecule has 0 aliphatic rings. The second kappa shape index (κ2) is 7.60. The van der Waals surface area contributed by atoms with E-state index in [0.717, 1.165) is 0 Å². The molecule has 2 rings (SSSR count). The lowest BCUT2D eigenvalue weighted by atomic mass is 10.2. The maximum absolute atomic E-state index is 12.1. The van der Waals surface area contributed by atoms with Gasteiger partial charge in [-0.2, -0.15) is 9.78 Å². The Morgan fingerprint density at radius 1 is 1.48 bits per heavy atom. The van der Waals surface area contributed by atoms with Crippen LogP contribution < -0.4 is 10.3 Å². The largest absolute Gasteiger partial charge is 0.503 e. The number of phenols is 1. The summed E-state index contributed by atoms with van der Waals surface area (Å²) in [4.78, 5) is 12.1. The van der Waals surface area contributed by atoms with Crippen LogP contribution in [0.3, 0.4) is 0 Å². The summed E-state index contributed by atoms with van der Waals surface area (Å²) in [5.41, 5.74) is 0.594. The first-order chi connectivity index (χ1) is 11.0. The van der Waals surface area contributed by atoms with Crippen molar-refractivity contribution in [2.75, 3.05) is 12.9 Å². The van der Waals surface area contributed by atoms with E-state index in [4.69, 9.17) is 4.74 Å². The van der Waals surface area contributed by atoms with Gasteiger partial charge in [-0.25, -0.2) is 0 Å². The Balaban J connectivity index is 2.45.